The van der Waals surface area contributed by atoms with Gasteiger partial charge in [0.05, 0.1) is 17.2 Å². The number of hydrogen-bond donors (Lipinski definition) is 1. The van der Waals surface area contributed by atoms with Crippen molar-refractivity contribution in [1.29, 1.82) is 0 Å². The van der Waals surface area contributed by atoms with Crippen LogP contribution in [0.3, 0.4) is 0 Å². The van der Waals surface area contributed by atoms with Gasteiger partial charge in [-0.2, -0.15) is 5.48 Å². The number of carbonyl (C=O) groups is 1. The van der Waals surface area contributed by atoms with Crippen LogP contribution >= 0.6 is 23.2 Å². The van der Waals surface area contributed by atoms with Gasteiger partial charge in [0.1, 0.15) is 0 Å². The van der Waals surface area contributed by atoms with E-state index in [1.807, 2.05) is 5.48 Å². The summed E-state index contributed by atoms with van der Waals surface area (Å²) < 4.78 is 4.29. The monoisotopic (exact) mass is 235 g/mol. The quantitative estimate of drug-likeness (QED) is 0.803. The van der Waals surface area contributed by atoms with Crippen molar-refractivity contribution in [1.82, 2.24) is 5.48 Å². The second kappa shape index (κ2) is 4.93. The molecule has 0 heterocycles. The largest absolute Gasteiger partial charge is 0.451 e. The lowest BCUT2D eigenvalue weighted by atomic mass is 10.3. The Morgan fingerprint density at radius 3 is 2.64 bits per heavy atom. The van der Waals surface area contributed by atoms with E-state index in [0.717, 1.165) is 0 Å². The molecule has 1 N–H and O–H groups in total. The number of benzene rings is 1. The Morgan fingerprint density at radius 1 is 1.36 bits per heavy atom. The van der Waals surface area contributed by atoms with E-state index in [2.05, 4.69) is 4.74 Å². The first-order chi connectivity index (χ1) is 6.63. The lowest BCUT2D eigenvalue weighted by Crippen LogP contribution is -2.26. The van der Waals surface area contributed by atoms with Crippen LogP contribution in [-0.4, -0.2) is 13.2 Å². The molecule has 0 aliphatic rings. The first-order valence-corrected chi connectivity index (χ1v) is 4.35. The zero-order valence-corrected chi connectivity index (χ0v) is 8.72. The van der Waals surface area contributed by atoms with Crippen molar-refractivity contribution in [2.75, 3.05) is 7.11 Å². The van der Waals surface area contributed by atoms with E-state index in [-0.39, 0.29) is 0 Å². The number of hydrogen-bond acceptors (Lipinski definition) is 3. The summed E-state index contributed by atoms with van der Waals surface area (Å²) in [6, 6.07) is 4.59. The van der Waals surface area contributed by atoms with Gasteiger partial charge in [0.15, 0.2) is 5.75 Å². The molecule has 1 rings (SSSR count). The van der Waals surface area contributed by atoms with Crippen LogP contribution in [0.1, 0.15) is 0 Å². The average molecular weight is 236 g/mol. The minimum Gasteiger partial charge on any atom is -0.451 e. The molecule has 1 aromatic carbocycles. The van der Waals surface area contributed by atoms with Crippen LogP contribution in [-0.2, 0) is 4.74 Å². The van der Waals surface area contributed by atoms with Gasteiger partial charge in [0.25, 0.3) is 0 Å². The Morgan fingerprint density at radius 2 is 2.07 bits per heavy atom. The van der Waals surface area contributed by atoms with Crippen molar-refractivity contribution in [2.45, 2.75) is 0 Å². The van der Waals surface area contributed by atoms with Crippen molar-refractivity contribution < 1.29 is 14.4 Å². The van der Waals surface area contributed by atoms with Gasteiger partial charge in [-0.15, -0.1) is 0 Å². The highest BCUT2D eigenvalue weighted by molar-refractivity contribution is 6.42. The molecule has 0 saturated heterocycles. The molecule has 0 fully saturated rings. The molecule has 1 amide bonds. The smallest absolute Gasteiger partial charge is 0.440 e. The molecule has 0 unspecified atom stereocenters. The van der Waals surface area contributed by atoms with Gasteiger partial charge in [-0.1, -0.05) is 23.2 Å². The van der Waals surface area contributed by atoms with E-state index < -0.39 is 6.09 Å². The fourth-order valence-electron chi connectivity index (χ4n) is 0.683. The molecule has 1 aromatic rings. The fourth-order valence-corrected chi connectivity index (χ4v) is 0.971. The zero-order chi connectivity index (χ0) is 10.6. The molecule has 0 atom stereocenters. The summed E-state index contributed by atoms with van der Waals surface area (Å²) in [6.45, 7) is 0. The number of carbonyl (C=O) groups excluding carboxylic acids is 1. The highest BCUT2D eigenvalue weighted by atomic mass is 35.5. The highest BCUT2D eigenvalue weighted by Gasteiger charge is 2.02. The number of rotatable bonds is 2. The first-order valence-electron chi connectivity index (χ1n) is 3.59. The van der Waals surface area contributed by atoms with E-state index >= 15 is 0 Å². The van der Waals surface area contributed by atoms with Crippen molar-refractivity contribution in [3.63, 3.8) is 0 Å². The van der Waals surface area contributed by atoms with E-state index in [0.29, 0.717) is 15.8 Å². The number of ether oxygens (including phenoxy) is 1. The number of hydroxylamine groups is 1. The predicted molar refractivity (Wildman–Crippen MR) is 52.6 cm³/mol. The van der Waals surface area contributed by atoms with Gasteiger partial charge in [-0.25, -0.2) is 4.79 Å². The Bertz CT molecular complexity index is 343. The predicted octanol–water partition coefficient (Wildman–Crippen LogP) is 2.64. The second-order valence-electron chi connectivity index (χ2n) is 2.27. The van der Waals surface area contributed by atoms with Crippen LogP contribution in [0, 0.1) is 0 Å². The Kier molecular flexibility index (Phi) is 3.85. The third-order valence-electron chi connectivity index (χ3n) is 1.33. The SMILES string of the molecule is COC(=O)NOc1ccc(Cl)c(Cl)c1. The van der Waals surface area contributed by atoms with Crippen LogP contribution in [0.2, 0.25) is 10.0 Å². The summed E-state index contributed by atoms with van der Waals surface area (Å²) in [5.74, 6) is 0.366. The van der Waals surface area contributed by atoms with E-state index in [4.69, 9.17) is 28.0 Å². The summed E-state index contributed by atoms with van der Waals surface area (Å²) in [7, 11) is 1.23. The van der Waals surface area contributed by atoms with E-state index in [1.165, 1.54) is 13.2 Å². The third-order valence-corrected chi connectivity index (χ3v) is 2.07. The number of amides is 1. The fraction of sp³-hybridized carbons (Fsp3) is 0.125. The lowest BCUT2D eigenvalue weighted by molar-refractivity contribution is 0.118. The molecule has 0 aliphatic heterocycles. The molecule has 14 heavy (non-hydrogen) atoms. The molecule has 0 saturated carbocycles. The van der Waals surface area contributed by atoms with Gasteiger partial charge in [-0.3, -0.25) is 0 Å². The minimum atomic E-state index is -0.698. The number of halogens is 2. The molecular formula is C8H7Cl2NO3. The van der Waals surface area contributed by atoms with Crippen LogP contribution in [0.5, 0.6) is 5.75 Å². The second-order valence-corrected chi connectivity index (χ2v) is 3.09. The molecule has 4 nitrogen and oxygen atoms in total. The summed E-state index contributed by atoms with van der Waals surface area (Å²) in [5, 5.41) is 0.757. The minimum absolute atomic E-state index is 0.343. The molecule has 0 spiro atoms. The summed E-state index contributed by atoms with van der Waals surface area (Å²) in [6.07, 6.45) is -0.698. The molecule has 0 aliphatic carbocycles. The molecular weight excluding hydrogens is 229 g/mol. The van der Waals surface area contributed by atoms with Gasteiger partial charge < -0.3 is 9.57 Å². The average Bonchev–Trinajstić information content (AvgIpc) is 2.19. The van der Waals surface area contributed by atoms with Crippen LogP contribution in [0.25, 0.3) is 0 Å². The summed E-state index contributed by atoms with van der Waals surface area (Å²) >= 11 is 11.4. The van der Waals surface area contributed by atoms with Gasteiger partial charge >= 0.3 is 6.09 Å². The highest BCUT2D eigenvalue weighted by Crippen LogP contribution is 2.25. The topological polar surface area (TPSA) is 47.6 Å². The molecule has 0 radical (unpaired) electrons. The number of methoxy groups -OCH3 is 1. The first kappa shape index (κ1) is 10.9. The maximum absolute atomic E-state index is 10.6. The van der Waals surface area contributed by atoms with Crippen molar-refractivity contribution in [2.24, 2.45) is 0 Å². The Balaban J connectivity index is 2.60. The number of nitrogens with one attached hydrogen (secondary N) is 1. The molecule has 0 bridgehead atoms. The Hall–Kier alpha value is -1.13. The molecule has 76 valence electrons. The normalized spacial score (nSPS) is 9.36. The maximum Gasteiger partial charge on any atom is 0.440 e. The van der Waals surface area contributed by atoms with Crippen LogP contribution < -0.4 is 10.3 Å². The third kappa shape index (κ3) is 2.97. The lowest BCUT2D eigenvalue weighted by Gasteiger charge is -2.05. The van der Waals surface area contributed by atoms with Gasteiger partial charge in [-0.05, 0) is 12.1 Å². The molecule has 6 heteroatoms. The zero-order valence-electron chi connectivity index (χ0n) is 7.21. The van der Waals surface area contributed by atoms with Crippen LogP contribution in [0.4, 0.5) is 4.79 Å². The van der Waals surface area contributed by atoms with Crippen molar-refractivity contribution in [3.05, 3.63) is 28.2 Å². The van der Waals surface area contributed by atoms with Crippen molar-refractivity contribution in [3.8, 4) is 5.75 Å². The van der Waals surface area contributed by atoms with E-state index in [1.54, 1.807) is 12.1 Å². The van der Waals surface area contributed by atoms with Crippen molar-refractivity contribution >= 4 is 29.3 Å². The summed E-state index contributed by atoms with van der Waals surface area (Å²) in [5.41, 5.74) is 2.03. The van der Waals surface area contributed by atoms with Gasteiger partial charge in [0.2, 0.25) is 0 Å². The maximum atomic E-state index is 10.6. The molecule has 0 aromatic heterocycles. The Labute approximate surface area is 90.7 Å². The standard InChI is InChI=1S/C8H7Cl2NO3/c1-13-8(12)11-14-5-2-3-6(9)7(10)4-5/h2-4H,1H3,(H,11,12). The van der Waals surface area contributed by atoms with Gasteiger partial charge in [0, 0.05) is 6.07 Å². The van der Waals surface area contributed by atoms with E-state index in [9.17, 15) is 4.79 Å². The summed E-state index contributed by atoms with van der Waals surface area (Å²) in [4.78, 5) is 15.4. The van der Waals surface area contributed by atoms with Crippen LogP contribution in [0.15, 0.2) is 18.2 Å².